The number of rotatable bonds is 3. The average molecular weight is 363 g/mol. The summed E-state index contributed by atoms with van der Waals surface area (Å²) >= 11 is 1.35. The Hall–Kier alpha value is -1.96. The van der Waals surface area contributed by atoms with E-state index in [1.807, 2.05) is 37.5 Å². The molecule has 1 fully saturated rings. The fraction of sp³-hybridized carbons (Fsp3) is 0.647. The molecule has 0 aliphatic carbocycles. The second kappa shape index (κ2) is 6.09. The van der Waals surface area contributed by atoms with Gasteiger partial charge in [0.15, 0.2) is 0 Å². The Labute approximate surface area is 152 Å². The van der Waals surface area contributed by atoms with E-state index in [0.29, 0.717) is 6.42 Å². The van der Waals surface area contributed by atoms with Crippen LogP contribution in [-0.2, 0) is 17.3 Å². The molecule has 25 heavy (non-hydrogen) atoms. The summed E-state index contributed by atoms with van der Waals surface area (Å²) in [4.78, 5) is 18.8. The predicted molar refractivity (Wildman–Crippen MR) is 98.8 cm³/mol. The van der Waals surface area contributed by atoms with Gasteiger partial charge in [-0.2, -0.15) is 9.47 Å². The number of nitrogens with zero attached hydrogens (tertiary/aromatic N) is 5. The molecule has 0 unspecified atom stereocenters. The number of carbonyl (C=O) groups excluding carboxylic acids is 1. The summed E-state index contributed by atoms with van der Waals surface area (Å²) in [6.07, 6.45) is 0.444. The maximum absolute atomic E-state index is 12.4. The summed E-state index contributed by atoms with van der Waals surface area (Å²) in [6.45, 7) is 10.3. The molecular weight excluding hydrogens is 336 g/mol. The normalized spacial score (nSPS) is 21.2. The van der Waals surface area contributed by atoms with Crippen LogP contribution in [0, 0.1) is 13.8 Å². The minimum atomic E-state index is -0.0886. The Morgan fingerprint density at radius 1 is 1.24 bits per heavy atom. The van der Waals surface area contributed by atoms with Gasteiger partial charge in [-0.1, -0.05) is 20.8 Å². The number of anilines is 1. The van der Waals surface area contributed by atoms with Gasteiger partial charge in [-0.15, -0.1) is 0 Å². The molecule has 0 saturated carbocycles. The van der Waals surface area contributed by atoms with Gasteiger partial charge in [0.2, 0.25) is 11.0 Å². The molecule has 1 aliphatic rings. The van der Waals surface area contributed by atoms with Gasteiger partial charge in [-0.05, 0) is 13.8 Å². The van der Waals surface area contributed by atoms with Gasteiger partial charge < -0.3 is 10.2 Å². The molecule has 0 aromatic carbocycles. The van der Waals surface area contributed by atoms with Crippen molar-refractivity contribution in [3.63, 3.8) is 0 Å². The van der Waals surface area contributed by atoms with Gasteiger partial charge in [0.25, 0.3) is 0 Å². The highest BCUT2D eigenvalue weighted by molar-refractivity contribution is 7.09. The Kier molecular flexibility index (Phi) is 4.35. The van der Waals surface area contributed by atoms with Crippen molar-refractivity contribution in [1.82, 2.24) is 24.0 Å². The zero-order valence-electron chi connectivity index (χ0n) is 15.9. The first-order valence-corrected chi connectivity index (χ1v) is 9.23. The average Bonchev–Trinajstić information content (AvgIpc) is 3.14. The third kappa shape index (κ3) is 3.15. The topological polar surface area (TPSA) is 75.9 Å². The zero-order valence-corrected chi connectivity index (χ0v) is 16.7. The van der Waals surface area contributed by atoms with E-state index in [2.05, 4.69) is 40.5 Å². The van der Waals surface area contributed by atoms with Gasteiger partial charge >= 0.3 is 0 Å². The Morgan fingerprint density at radius 3 is 2.44 bits per heavy atom. The second-order valence-electron chi connectivity index (χ2n) is 7.79. The highest BCUT2D eigenvalue weighted by Crippen LogP contribution is 2.37. The monoisotopic (exact) mass is 362 g/mol. The van der Waals surface area contributed by atoms with E-state index in [1.54, 1.807) is 0 Å². The Balaban J connectivity index is 1.91. The summed E-state index contributed by atoms with van der Waals surface area (Å²) < 4.78 is 6.33. The number of amides is 1. The number of aryl methyl sites for hydroxylation is 2. The van der Waals surface area contributed by atoms with Gasteiger partial charge in [-0.3, -0.25) is 9.48 Å². The van der Waals surface area contributed by atoms with E-state index < -0.39 is 0 Å². The van der Waals surface area contributed by atoms with Crippen molar-refractivity contribution in [2.24, 2.45) is 7.05 Å². The summed E-state index contributed by atoms with van der Waals surface area (Å²) in [5, 5.41) is 8.74. The molecule has 1 amide bonds. The second-order valence-corrected chi connectivity index (χ2v) is 8.54. The van der Waals surface area contributed by atoms with Gasteiger partial charge in [0, 0.05) is 48.7 Å². The molecule has 2 atom stereocenters. The largest absolute Gasteiger partial charge is 0.355 e. The lowest BCUT2D eigenvalue weighted by Crippen LogP contribution is -2.30. The van der Waals surface area contributed by atoms with Gasteiger partial charge in [-0.25, -0.2) is 4.98 Å². The molecule has 136 valence electrons. The molecule has 1 saturated heterocycles. The number of aromatic nitrogens is 4. The molecule has 1 N–H and O–H groups in total. The first kappa shape index (κ1) is 17.8. The lowest BCUT2D eigenvalue weighted by atomic mass is 9.96. The molecule has 0 bridgehead atoms. The molecule has 3 heterocycles. The lowest BCUT2D eigenvalue weighted by molar-refractivity contribution is -0.127. The van der Waals surface area contributed by atoms with E-state index in [0.717, 1.165) is 27.9 Å². The SMILES string of the molecule is Cc1nn(C)c(C)c1[C@H]1[C@H](Nc2nc(C(C)(C)C)ns2)CC(=O)N1C. The minimum absolute atomic E-state index is 0.0418. The fourth-order valence-corrected chi connectivity index (χ4v) is 4.18. The van der Waals surface area contributed by atoms with Crippen molar-refractivity contribution in [1.29, 1.82) is 0 Å². The summed E-state index contributed by atoms with van der Waals surface area (Å²) in [5.74, 6) is 0.952. The van der Waals surface area contributed by atoms with Crippen LogP contribution in [0.2, 0.25) is 0 Å². The predicted octanol–water partition coefficient (Wildman–Crippen LogP) is 2.57. The summed E-state index contributed by atoms with van der Waals surface area (Å²) in [5.41, 5.74) is 3.08. The van der Waals surface area contributed by atoms with Crippen LogP contribution in [0.15, 0.2) is 0 Å². The number of likely N-dealkylation sites (N-methyl/N-ethyl adjacent to an activating group) is 1. The van der Waals surface area contributed by atoms with Crippen molar-refractivity contribution in [2.45, 2.75) is 58.5 Å². The summed E-state index contributed by atoms with van der Waals surface area (Å²) in [7, 11) is 3.80. The van der Waals surface area contributed by atoms with Crippen LogP contribution in [0.4, 0.5) is 5.13 Å². The molecule has 0 radical (unpaired) electrons. The molecule has 3 rings (SSSR count). The highest BCUT2D eigenvalue weighted by Gasteiger charge is 2.41. The number of nitrogens with one attached hydrogen (secondary N) is 1. The smallest absolute Gasteiger partial charge is 0.225 e. The standard InChI is InChI=1S/C17H26N6OS/c1-9-13(10(2)23(7)20-9)14-11(8-12(24)22(14)6)18-16-19-15(21-25-16)17(3,4)5/h11,14H,8H2,1-7H3,(H,18,19,21)/t11-,14-/m1/s1. The van der Waals surface area contributed by atoms with E-state index in [9.17, 15) is 4.79 Å². The Bertz CT molecular complexity index is 803. The van der Waals surface area contributed by atoms with E-state index in [1.165, 1.54) is 11.5 Å². The molecule has 2 aromatic rings. The van der Waals surface area contributed by atoms with Crippen molar-refractivity contribution in [2.75, 3.05) is 12.4 Å². The van der Waals surface area contributed by atoms with Crippen LogP contribution in [0.25, 0.3) is 0 Å². The number of carbonyl (C=O) groups is 1. The Morgan fingerprint density at radius 2 is 1.92 bits per heavy atom. The first-order chi connectivity index (χ1) is 11.6. The van der Waals surface area contributed by atoms with Crippen LogP contribution >= 0.6 is 11.5 Å². The molecule has 7 nitrogen and oxygen atoms in total. The quantitative estimate of drug-likeness (QED) is 0.908. The van der Waals surface area contributed by atoms with Crippen LogP contribution in [0.1, 0.15) is 56.0 Å². The third-order valence-electron chi connectivity index (χ3n) is 4.85. The molecule has 8 heteroatoms. The van der Waals surface area contributed by atoms with Crippen molar-refractivity contribution in [3.05, 3.63) is 22.8 Å². The maximum atomic E-state index is 12.4. The minimum Gasteiger partial charge on any atom is -0.355 e. The maximum Gasteiger partial charge on any atom is 0.225 e. The van der Waals surface area contributed by atoms with Crippen LogP contribution in [-0.4, -0.2) is 43.0 Å². The van der Waals surface area contributed by atoms with Gasteiger partial charge in [0.1, 0.15) is 5.82 Å². The van der Waals surface area contributed by atoms with Crippen molar-refractivity contribution in [3.8, 4) is 0 Å². The van der Waals surface area contributed by atoms with E-state index in [4.69, 9.17) is 0 Å². The van der Waals surface area contributed by atoms with E-state index in [-0.39, 0.29) is 23.4 Å². The number of hydrogen-bond acceptors (Lipinski definition) is 6. The van der Waals surface area contributed by atoms with Crippen LogP contribution < -0.4 is 5.32 Å². The third-order valence-corrected chi connectivity index (χ3v) is 5.50. The molecular formula is C17H26N6OS. The number of hydrogen-bond donors (Lipinski definition) is 1. The fourth-order valence-electron chi connectivity index (χ4n) is 3.36. The zero-order chi connectivity index (χ0) is 18.5. The number of likely N-dealkylation sites (tertiary alicyclic amines) is 1. The molecule has 2 aromatic heterocycles. The lowest BCUT2D eigenvalue weighted by Gasteiger charge is -2.26. The van der Waals surface area contributed by atoms with E-state index >= 15 is 0 Å². The summed E-state index contributed by atoms with van der Waals surface area (Å²) in [6, 6.07) is -0.0944. The van der Waals surface area contributed by atoms with Gasteiger partial charge in [0.05, 0.1) is 17.8 Å². The van der Waals surface area contributed by atoms with Crippen molar-refractivity contribution < 1.29 is 4.79 Å². The van der Waals surface area contributed by atoms with Crippen molar-refractivity contribution >= 4 is 22.6 Å². The first-order valence-electron chi connectivity index (χ1n) is 8.46. The molecule has 0 spiro atoms. The molecule has 1 aliphatic heterocycles. The van der Waals surface area contributed by atoms with Crippen LogP contribution in [0.5, 0.6) is 0 Å². The van der Waals surface area contributed by atoms with Crippen LogP contribution in [0.3, 0.4) is 0 Å². The highest BCUT2D eigenvalue weighted by atomic mass is 32.1.